The van der Waals surface area contributed by atoms with Crippen molar-refractivity contribution in [2.24, 2.45) is 0 Å². The molecule has 0 fully saturated rings. The Kier molecular flexibility index (Phi) is 8.16. The van der Waals surface area contributed by atoms with Crippen LogP contribution in [-0.4, -0.2) is 24.2 Å². The highest BCUT2D eigenvalue weighted by Gasteiger charge is 2.19. The molecule has 1 unspecified atom stereocenters. The number of anilines is 1. The monoisotopic (exact) mass is 574 g/mol. The van der Waals surface area contributed by atoms with E-state index in [1.165, 1.54) is 0 Å². The normalized spacial score (nSPS) is 11.8. The highest BCUT2D eigenvalue weighted by molar-refractivity contribution is 7.80. The minimum Gasteiger partial charge on any atom is -0.489 e. The third-order valence-electron chi connectivity index (χ3n) is 6.42. The number of halogens is 1. The Labute approximate surface area is 239 Å². The van der Waals surface area contributed by atoms with Gasteiger partial charge in [-0.05, 0) is 73.5 Å². The number of carbonyl (C=O) groups is 1. The number of nitrogens with zero attached hydrogens (tertiary/aromatic N) is 3. The van der Waals surface area contributed by atoms with Gasteiger partial charge < -0.3 is 9.30 Å². The maximum Gasteiger partial charge on any atom is 0.281 e. The molecule has 0 aliphatic heterocycles. The van der Waals surface area contributed by atoms with Crippen molar-refractivity contribution in [2.75, 3.05) is 4.41 Å². The first-order valence-electron chi connectivity index (χ1n) is 12.5. The Hall–Kier alpha value is -4.18. The van der Waals surface area contributed by atoms with Crippen molar-refractivity contribution < 1.29 is 18.3 Å². The van der Waals surface area contributed by atoms with Crippen LogP contribution in [0.3, 0.4) is 0 Å². The highest BCUT2D eigenvalue weighted by Crippen LogP contribution is 2.25. The number of nitrogens with one attached hydrogen (secondary N) is 1. The van der Waals surface area contributed by atoms with Gasteiger partial charge in [0.25, 0.3) is 17.2 Å². The van der Waals surface area contributed by atoms with Crippen LogP contribution in [0.2, 0.25) is 5.02 Å². The molecule has 0 saturated carbocycles. The lowest BCUT2D eigenvalue weighted by molar-refractivity contribution is 0.0955. The summed E-state index contributed by atoms with van der Waals surface area (Å²) in [6, 6.07) is 27.4. The Balaban J connectivity index is 1.36. The van der Waals surface area contributed by atoms with E-state index >= 15 is 0 Å². The summed E-state index contributed by atoms with van der Waals surface area (Å²) in [5.74, 6) is 1.02. The molecule has 10 heteroatoms. The quantitative estimate of drug-likeness (QED) is 0.161. The van der Waals surface area contributed by atoms with E-state index < -0.39 is 17.2 Å². The Bertz CT molecular complexity index is 1690. The van der Waals surface area contributed by atoms with Gasteiger partial charge in [-0.15, -0.1) is 0 Å². The predicted octanol–water partition coefficient (Wildman–Crippen LogP) is 6.22. The van der Waals surface area contributed by atoms with Crippen molar-refractivity contribution in [2.45, 2.75) is 27.0 Å². The number of aryl methyl sites for hydroxylation is 2. The molecule has 0 saturated heterocycles. The molecule has 0 bridgehead atoms. The van der Waals surface area contributed by atoms with Crippen molar-refractivity contribution in [3.63, 3.8) is 0 Å². The predicted molar refractivity (Wildman–Crippen MR) is 158 cm³/mol. The first kappa shape index (κ1) is 27.4. The molecule has 0 aliphatic rings. The van der Waals surface area contributed by atoms with Crippen LogP contribution in [0.1, 0.15) is 32.9 Å². The largest absolute Gasteiger partial charge is 0.489 e. The number of aromatic nitrogens is 2. The molecule has 5 rings (SSSR count). The van der Waals surface area contributed by atoms with Crippen LogP contribution in [0.4, 0.5) is 5.69 Å². The lowest BCUT2D eigenvalue weighted by Crippen LogP contribution is -2.43. The lowest BCUT2D eigenvalue weighted by atomic mass is 10.1. The molecule has 40 heavy (non-hydrogen) atoms. The number of carbonyl (C=O) groups excluding carboxylic acids is 1. The van der Waals surface area contributed by atoms with E-state index in [9.17, 15) is 13.6 Å². The Morgan fingerprint density at radius 3 is 2.48 bits per heavy atom. The van der Waals surface area contributed by atoms with Gasteiger partial charge in [-0.25, -0.2) is 14.6 Å². The number of rotatable bonds is 9. The van der Waals surface area contributed by atoms with Crippen molar-refractivity contribution in [1.29, 1.82) is 0 Å². The summed E-state index contributed by atoms with van der Waals surface area (Å²) in [7, 11) is 0. The van der Waals surface area contributed by atoms with Gasteiger partial charge in [0.1, 0.15) is 18.2 Å². The van der Waals surface area contributed by atoms with E-state index in [1.54, 1.807) is 42.5 Å². The average Bonchev–Trinajstić information content (AvgIpc) is 3.26. The van der Waals surface area contributed by atoms with Gasteiger partial charge in [-0.3, -0.25) is 9.35 Å². The standard InChI is InChI=1S/C30H27ClN4O4S/c1-20-8-13-25(14-9-20)35(40(37)38)33-30(36)23-12-15-28-29(17-23)34(21(2)32-28)18-24-11-10-22(16-27(24)31)19-39-26-6-4-3-5-7-26/h3-17H,18-19H2,1-2H3,(H,33,36)(H,37,38). The molecule has 2 N–H and O–H groups in total. The van der Waals surface area contributed by atoms with Crippen LogP contribution in [0.25, 0.3) is 11.0 Å². The second-order valence-electron chi connectivity index (χ2n) is 9.28. The van der Waals surface area contributed by atoms with Gasteiger partial charge in [0.15, 0.2) is 0 Å². The second-order valence-corrected chi connectivity index (χ2v) is 10.5. The van der Waals surface area contributed by atoms with Crippen molar-refractivity contribution in [3.05, 3.63) is 124 Å². The van der Waals surface area contributed by atoms with E-state index in [1.807, 2.05) is 66.9 Å². The van der Waals surface area contributed by atoms with Crippen LogP contribution in [0, 0.1) is 13.8 Å². The third kappa shape index (κ3) is 6.17. The minimum absolute atomic E-state index is 0.315. The Morgan fingerprint density at radius 2 is 1.77 bits per heavy atom. The zero-order valence-corrected chi connectivity index (χ0v) is 23.4. The van der Waals surface area contributed by atoms with Crippen LogP contribution in [-0.2, 0) is 24.4 Å². The smallest absolute Gasteiger partial charge is 0.281 e. The van der Waals surface area contributed by atoms with Crippen molar-refractivity contribution in [3.8, 4) is 5.75 Å². The molecular weight excluding hydrogens is 548 g/mol. The van der Waals surface area contributed by atoms with Crippen molar-refractivity contribution in [1.82, 2.24) is 15.0 Å². The molecule has 204 valence electrons. The van der Waals surface area contributed by atoms with Crippen molar-refractivity contribution >= 4 is 45.5 Å². The number of hydrazine groups is 1. The van der Waals surface area contributed by atoms with E-state index in [-0.39, 0.29) is 0 Å². The van der Waals surface area contributed by atoms with Gasteiger partial charge in [0, 0.05) is 10.6 Å². The van der Waals surface area contributed by atoms with Crippen LogP contribution in [0.5, 0.6) is 5.75 Å². The van der Waals surface area contributed by atoms with E-state index in [0.29, 0.717) is 29.4 Å². The molecule has 8 nitrogen and oxygen atoms in total. The van der Waals surface area contributed by atoms with Gasteiger partial charge >= 0.3 is 0 Å². The number of benzene rings is 4. The maximum atomic E-state index is 13.1. The first-order valence-corrected chi connectivity index (χ1v) is 13.9. The summed E-state index contributed by atoms with van der Waals surface area (Å²) in [5, 5.41) is 0.600. The molecule has 0 spiro atoms. The molecular formula is C30H27ClN4O4S. The summed E-state index contributed by atoms with van der Waals surface area (Å²) in [5.41, 5.74) is 7.52. The number of hydrogen-bond donors (Lipinski definition) is 2. The molecule has 0 aliphatic carbocycles. The minimum atomic E-state index is -2.47. The molecule has 5 aromatic rings. The number of hydrogen-bond acceptors (Lipinski definition) is 4. The average molecular weight is 575 g/mol. The van der Waals surface area contributed by atoms with Gasteiger partial charge in [-0.2, -0.15) is 4.41 Å². The fourth-order valence-electron chi connectivity index (χ4n) is 4.28. The number of fused-ring (bicyclic) bond motifs is 1. The summed E-state index contributed by atoms with van der Waals surface area (Å²) < 4.78 is 30.5. The summed E-state index contributed by atoms with van der Waals surface area (Å²) >= 11 is 4.19. The van der Waals surface area contributed by atoms with Gasteiger partial charge in [0.05, 0.1) is 23.3 Å². The third-order valence-corrected chi connectivity index (χ3v) is 7.39. The molecule has 1 amide bonds. The number of amides is 1. The lowest BCUT2D eigenvalue weighted by Gasteiger charge is -2.20. The molecule has 0 radical (unpaired) electrons. The topological polar surface area (TPSA) is 96.7 Å². The summed E-state index contributed by atoms with van der Waals surface area (Å²) in [6.07, 6.45) is 0. The van der Waals surface area contributed by atoms with Gasteiger partial charge in [0.2, 0.25) is 0 Å². The second kappa shape index (κ2) is 11.9. The molecule has 1 heterocycles. The van der Waals surface area contributed by atoms with E-state index in [0.717, 1.165) is 43.7 Å². The fourth-order valence-corrected chi connectivity index (χ4v) is 5.00. The van der Waals surface area contributed by atoms with Crippen LogP contribution in [0.15, 0.2) is 91.0 Å². The van der Waals surface area contributed by atoms with Gasteiger partial charge in [-0.1, -0.05) is 59.6 Å². The van der Waals surface area contributed by atoms with E-state index in [2.05, 4.69) is 10.4 Å². The molecule has 1 atom stereocenters. The summed E-state index contributed by atoms with van der Waals surface area (Å²) in [4.78, 5) is 17.7. The zero-order chi connectivity index (χ0) is 28.2. The number of para-hydroxylation sites is 1. The highest BCUT2D eigenvalue weighted by atomic mass is 35.5. The number of ether oxygens (including phenoxy) is 1. The summed E-state index contributed by atoms with van der Waals surface area (Å²) in [6.45, 7) is 4.64. The Morgan fingerprint density at radius 1 is 1.02 bits per heavy atom. The number of imidazole rings is 1. The van der Waals surface area contributed by atoms with Crippen LogP contribution < -0.4 is 14.6 Å². The molecule has 4 aromatic carbocycles. The fraction of sp³-hybridized carbons (Fsp3) is 0.133. The first-order chi connectivity index (χ1) is 19.3. The van der Waals surface area contributed by atoms with E-state index in [4.69, 9.17) is 16.3 Å². The molecule has 1 aromatic heterocycles. The zero-order valence-electron chi connectivity index (χ0n) is 21.9. The van der Waals surface area contributed by atoms with Crippen LogP contribution >= 0.6 is 11.6 Å². The maximum absolute atomic E-state index is 13.1. The SMILES string of the molecule is Cc1ccc(N(NC(=O)c2ccc3nc(C)n(Cc4ccc(COc5ccccc5)cc4Cl)c3c2)S(=O)O)cc1.